The van der Waals surface area contributed by atoms with E-state index in [1.54, 1.807) is 0 Å². The first-order chi connectivity index (χ1) is 8.61. The van der Waals surface area contributed by atoms with Crippen molar-refractivity contribution in [2.24, 2.45) is 0 Å². The highest BCUT2D eigenvalue weighted by atomic mass is 79.9. The summed E-state index contributed by atoms with van der Waals surface area (Å²) in [6.45, 7) is 7.62. The van der Waals surface area contributed by atoms with Crippen molar-refractivity contribution in [2.45, 2.75) is 13.5 Å². The molecule has 0 atom stereocenters. The second-order valence-corrected chi connectivity index (χ2v) is 5.07. The molecule has 0 aromatic heterocycles. The van der Waals surface area contributed by atoms with Crippen molar-refractivity contribution in [1.82, 2.24) is 4.90 Å². The number of hydrogen-bond donors (Lipinski definition) is 0. The van der Waals surface area contributed by atoms with E-state index in [4.69, 9.17) is 4.74 Å². The summed E-state index contributed by atoms with van der Waals surface area (Å²) in [6, 6.07) is 10.0. The van der Waals surface area contributed by atoms with Crippen molar-refractivity contribution in [2.75, 3.05) is 19.7 Å². The van der Waals surface area contributed by atoms with Crippen LogP contribution in [0.2, 0.25) is 0 Å². The van der Waals surface area contributed by atoms with E-state index in [-0.39, 0.29) is 12.5 Å². The van der Waals surface area contributed by atoms with Gasteiger partial charge in [-0.05, 0) is 12.5 Å². The minimum Gasteiger partial charge on any atom is -0.465 e. The van der Waals surface area contributed by atoms with Crippen molar-refractivity contribution < 1.29 is 9.53 Å². The van der Waals surface area contributed by atoms with Gasteiger partial charge in [-0.3, -0.25) is 9.69 Å². The Hall–Kier alpha value is -1.13. The average molecular weight is 312 g/mol. The van der Waals surface area contributed by atoms with E-state index in [1.165, 1.54) is 0 Å². The molecule has 0 aliphatic carbocycles. The monoisotopic (exact) mass is 311 g/mol. The lowest BCUT2D eigenvalue weighted by molar-refractivity contribution is -0.144. The molecule has 1 aromatic rings. The Bertz CT molecular complexity index is 392. The highest BCUT2D eigenvalue weighted by Crippen LogP contribution is 2.09. The summed E-state index contributed by atoms with van der Waals surface area (Å²) in [7, 11) is 0. The molecule has 0 unspecified atom stereocenters. The molecule has 0 radical (unpaired) electrons. The van der Waals surface area contributed by atoms with Gasteiger partial charge in [-0.1, -0.05) is 52.8 Å². The molecule has 0 amide bonds. The third-order valence-corrected chi connectivity index (χ3v) is 2.55. The fourth-order valence-electron chi connectivity index (χ4n) is 1.64. The Morgan fingerprint density at radius 1 is 1.33 bits per heavy atom. The van der Waals surface area contributed by atoms with Gasteiger partial charge in [-0.15, -0.1) is 0 Å². The van der Waals surface area contributed by atoms with E-state index in [2.05, 4.69) is 22.5 Å². The van der Waals surface area contributed by atoms with Gasteiger partial charge in [0, 0.05) is 17.6 Å². The molecule has 0 aliphatic heterocycles. The molecule has 0 N–H and O–H groups in total. The summed E-state index contributed by atoms with van der Waals surface area (Å²) in [5.41, 5.74) is 1.16. The minimum absolute atomic E-state index is 0.206. The molecular weight excluding hydrogens is 294 g/mol. The van der Waals surface area contributed by atoms with Crippen LogP contribution in [-0.2, 0) is 16.1 Å². The number of halogens is 1. The summed E-state index contributed by atoms with van der Waals surface area (Å²) < 4.78 is 5.82. The summed E-state index contributed by atoms with van der Waals surface area (Å²) in [5, 5.41) is 0. The SMILES string of the molecule is C=C(Br)CN(CC(=O)OCC)Cc1ccccc1. The number of esters is 1. The van der Waals surface area contributed by atoms with Gasteiger partial charge < -0.3 is 4.74 Å². The average Bonchev–Trinajstić information content (AvgIpc) is 2.29. The van der Waals surface area contributed by atoms with Crippen molar-refractivity contribution in [3.05, 3.63) is 47.0 Å². The number of rotatable bonds is 7. The summed E-state index contributed by atoms with van der Waals surface area (Å²) in [5.74, 6) is -0.206. The molecule has 0 saturated carbocycles. The summed E-state index contributed by atoms with van der Waals surface area (Å²) in [4.78, 5) is 13.5. The molecule has 98 valence electrons. The molecule has 1 rings (SSSR count). The van der Waals surface area contributed by atoms with Crippen molar-refractivity contribution in [3.8, 4) is 0 Å². The minimum atomic E-state index is -0.206. The Balaban J connectivity index is 2.60. The fraction of sp³-hybridized carbons (Fsp3) is 0.357. The first kappa shape index (κ1) is 14.9. The molecule has 0 spiro atoms. The maximum absolute atomic E-state index is 11.5. The zero-order chi connectivity index (χ0) is 13.4. The van der Waals surface area contributed by atoms with E-state index in [1.807, 2.05) is 42.2 Å². The lowest BCUT2D eigenvalue weighted by Gasteiger charge is -2.20. The van der Waals surface area contributed by atoms with Crippen LogP contribution in [0.15, 0.2) is 41.4 Å². The van der Waals surface area contributed by atoms with Crippen molar-refractivity contribution in [1.29, 1.82) is 0 Å². The predicted octanol–water partition coefficient (Wildman–Crippen LogP) is 2.96. The number of benzene rings is 1. The molecule has 18 heavy (non-hydrogen) atoms. The number of carbonyl (C=O) groups excluding carboxylic acids is 1. The second-order valence-electron chi connectivity index (χ2n) is 3.95. The number of nitrogens with zero attached hydrogens (tertiary/aromatic N) is 1. The van der Waals surface area contributed by atoms with Crippen LogP contribution in [0.25, 0.3) is 0 Å². The van der Waals surface area contributed by atoms with Crippen LogP contribution in [0.3, 0.4) is 0 Å². The molecule has 4 heteroatoms. The van der Waals surface area contributed by atoms with Gasteiger partial charge in [-0.2, -0.15) is 0 Å². The van der Waals surface area contributed by atoms with Gasteiger partial charge >= 0.3 is 5.97 Å². The van der Waals surface area contributed by atoms with Crippen molar-refractivity contribution >= 4 is 21.9 Å². The van der Waals surface area contributed by atoms with E-state index in [0.717, 1.165) is 10.0 Å². The zero-order valence-corrected chi connectivity index (χ0v) is 12.1. The van der Waals surface area contributed by atoms with Crippen molar-refractivity contribution in [3.63, 3.8) is 0 Å². The van der Waals surface area contributed by atoms with Crippen LogP contribution < -0.4 is 0 Å². The number of ether oxygens (including phenoxy) is 1. The van der Waals surface area contributed by atoms with Crippen LogP contribution >= 0.6 is 15.9 Å². The van der Waals surface area contributed by atoms with Crippen LogP contribution in [0.4, 0.5) is 0 Å². The number of carbonyl (C=O) groups is 1. The topological polar surface area (TPSA) is 29.5 Å². The lowest BCUT2D eigenvalue weighted by Crippen LogP contribution is -2.31. The maximum atomic E-state index is 11.5. The third-order valence-electron chi connectivity index (χ3n) is 2.30. The van der Waals surface area contributed by atoms with Gasteiger partial charge in [0.15, 0.2) is 0 Å². The summed E-state index contributed by atoms with van der Waals surface area (Å²) in [6.07, 6.45) is 0. The Kier molecular flexibility index (Phi) is 6.68. The van der Waals surface area contributed by atoms with Crippen LogP contribution in [-0.4, -0.2) is 30.6 Å². The first-order valence-electron chi connectivity index (χ1n) is 5.87. The van der Waals surface area contributed by atoms with Gasteiger partial charge in [-0.25, -0.2) is 0 Å². The van der Waals surface area contributed by atoms with Gasteiger partial charge in [0.2, 0.25) is 0 Å². The highest BCUT2D eigenvalue weighted by molar-refractivity contribution is 9.11. The zero-order valence-electron chi connectivity index (χ0n) is 10.6. The normalized spacial score (nSPS) is 10.4. The largest absolute Gasteiger partial charge is 0.465 e. The molecule has 0 heterocycles. The Labute approximate surface area is 117 Å². The quantitative estimate of drug-likeness (QED) is 0.725. The van der Waals surface area contributed by atoms with Crippen LogP contribution in [0.1, 0.15) is 12.5 Å². The van der Waals surface area contributed by atoms with Crippen LogP contribution in [0.5, 0.6) is 0 Å². The van der Waals surface area contributed by atoms with E-state index < -0.39 is 0 Å². The molecule has 0 bridgehead atoms. The molecule has 1 aromatic carbocycles. The molecule has 0 saturated heterocycles. The molecule has 0 aliphatic rings. The Morgan fingerprint density at radius 3 is 2.56 bits per heavy atom. The summed E-state index contributed by atoms with van der Waals surface area (Å²) >= 11 is 3.33. The smallest absolute Gasteiger partial charge is 0.320 e. The van der Waals surface area contributed by atoms with Gasteiger partial charge in [0.1, 0.15) is 0 Å². The molecule has 0 fully saturated rings. The molecule has 3 nitrogen and oxygen atoms in total. The lowest BCUT2D eigenvalue weighted by atomic mass is 10.2. The number of hydrogen-bond acceptors (Lipinski definition) is 3. The first-order valence-corrected chi connectivity index (χ1v) is 6.66. The van der Waals surface area contributed by atoms with E-state index in [0.29, 0.717) is 19.7 Å². The second kappa shape index (κ2) is 8.06. The maximum Gasteiger partial charge on any atom is 0.320 e. The van der Waals surface area contributed by atoms with Crippen LogP contribution in [0, 0.1) is 0 Å². The fourth-order valence-corrected chi connectivity index (χ4v) is 2.00. The van der Waals surface area contributed by atoms with Gasteiger partial charge in [0.05, 0.1) is 13.2 Å². The molecular formula is C14H18BrNO2. The predicted molar refractivity (Wildman–Crippen MR) is 76.4 cm³/mol. The standard InChI is InChI=1S/C14H18BrNO2/c1-3-18-14(17)11-16(9-12(2)15)10-13-7-5-4-6-8-13/h4-8H,2-3,9-11H2,1H3. The van der Waals surface area contributed by atoms with E-state index in [9.17, 15) is 4.79 Å². The Morgan fingerprint density at radius 2 is 2.00 bits per heavy atom. The third kappa shape index (κ3) is 5.98. The van der Waals surface area contributed by atoms with Gasteiger partial charge in [0.25, 0.3) is 0 Å². The van der Waals surface area contributed by atoms with E-state index >= 15 is 0 Å². The highest BCUT2D eigenvalue weighted by Gasteiger charge is 2.12.